The van der Waals surface area contributed by atoms with E-state index >= 15 is 0 Å². The number of benzene rings is 2. The summed E-state index contributed by atoms with van der Waals surface area (Å²) in [5.41, 5.74) is 3.35. The molecular weight excluding hydrogens is 378 g/mol. The fraction of sp³-hybridized carbons (Fsp3) is 0.130. The third-order valence-corrected chi connectivity index (χ3v) is 4.96. The number of fused-ring (bicyclic) bond motifs is 2. The lowest BCUT2D eigenvalue weighted by molar-refractivity contribution is 0.0929. The van der Waals surface area contributed by atoms with E-state index in [0.29, 0.717) is 11.5 Å². The van der Waals surface area contributed by atoms with E-state index in [1.807, 2.05) is 80.6 Å². The van der Waals surface area contributed by atoms with Gasteiger partial charge >= 0.3 is 0 Å². The summed E-state index contributed by atoms with van der Waals surface area (Å²) in [6.45, 7) is 3.79. The van der Waals surface area contributed by atoms with E-state index in [1.165, 1.54) is 0 Å². The van der Waals surface area contributed by atoms with Gasteiger partial charge in [0.05, 0.1) is 0 Å². The van der Waals surface area contributed by atoms with Crippen molar-refractivity contribution in [2.24, 2.45) is 0 Å². The van der Waals surface area contributed by atoms with Crippen molar-refractivity contribution in [3.05, 3.63) is 95.3 Å². The Labute approximate surface area is 172 Å². The van der Waals surface area contributed by atoms with Gasteiger partial charge in [0.15, 0.2) is 0 Å². The Morgan fingerprint density at radius 1 is 1.00 bits per heavy atom. The van der Waals surface area contributed by atoms with Crippen molar-refractivity contribution in [1.29, 1.82) is 0 Å². The number of carbonyl (C=O) groups is 1. The predicted molar refractivity (Wildman–Crippen MR) is 112 cm³/mol. The van der Waals surface area contributed by atoms with E-state index in [9.17, 15) is 4.79 Å². The minimum absolute atomic E-state index is 0.0632. The van der Waals surface area contributed by atoms with Gasteiger partial charge in [-0.3, -0.25) is 4.79 Å². The van der Waals surface area contributed by atoms with E-state index in [2.05, 4.69) is 20.4 Å². The molecule has 2 aromatic carbocycles. The van der Waals surface area contributed by atoms with Crippen LogP contribution in [0.1, 0.15) is 39.4 Å². The number of aromatic nitrogens is 4. The molecule has 0 aliphatic rings. The van der Waals surface area contributed by atoms with Gasteiger partial charge in [-0.15, -0.1) is 5.10 Å². The van der Waals surface area contributed by atoms with E-state index in [1.54, 1.807) is 4.52 Å². The Morgan fingerprint density at radius 3 is 2.57 bits per heavy atom. The van der Waals surface area contributed by atoms with Gasteiger partial charge < -0.3 is 9.73 Å². The summed E-state index contributed by atoms with van der Waals surface area (Å²) < 4.78 is 7.61. The maximum atomic E-state index is 13.1. The number of carbonyl (C=O) groups excluding carboxylic acids is 1. The van der Waals surface area contributed by atoms with Crippen molar-refractivity contribution >= 4 is 22.7 Å². The number of hydrogen-bond acceptors (Lipinski definition) is 5. The standard InChI is InChI=1S/C23H19N5O2/c1-14-12-15(2)28-23(24-14)26-21(27-28)22(29)25-20(16-8-4-3-5-9-16)19-13-17-10-6-7-11-18(17)30-19/h3-13,20H,1-2H3,(H,25,29). The number of aryl methyl sites for hydroxylation is 2. The van der Waals surface area contributed by atoms with Crippen LogP contribution in [0.25, 0.3) is 16.7 Å². The van der Waals surface area contributed by atoms with Crippen LogP contribution in [0.3, 0.4) is 0 Å². The van der Waals surface area contributed by atoms with E-state index in [0.717, 1.165) is 27.9 Å². The minimum Gasteiger partial charge on any atom is -0.459 e. The summed E-state index contributed by atoms with van der Waals surface area (Å²) in [6.07, 6.45) is 0. The molecule has 3 heterocycles. The lowest BCUT2D eigenvalue weighted by atomic mass is 10.0. The highest BCUT2D eigenvalue weighted by Gasteiger charge is 2.24. The lowest BCUT2D eigenvalue weighted by Gasteiger charge is -2.16. The summed E-state index contributed by atoms with van der Waals surface area (Å²) in [4.78, 5) is 21.7. The average Bonchev–Trinajstić information content (AvgIpc) is 3.36. The number of amides is 1. The van der Waals surface area contributed by atoms with Gasteiger partial charge in [-0.05, 0) is 37.6 Å². The van der Waals surface area contributed by atoms with Crippen LogP contribution in [0.4, 0.5) is 0 Å². The molecule has 0 aliphatic heterocycles. The normalized spacial score (nSPS) is 12.3. The van der Waals surface area contributed by atoms with Crippen molar-refractivity contribution in [3.8, 4) is 0 Å². The third kappa shape index (κ3) is 3.20. The van der Waals surface area contributed by atoms with Gasteiger partial charge in [0.2, 0.25) is 5.82 Å². The Morgan fingerprint density at radius 2 is 1.77 bits per heavy atom. The van der Waals surface area contributed by atoms with E-state index < -0.39 is 11.9 Å². The molecule has 0 fully saturated rings. The van der Waals surface area contributed by atoms with E-state index in [4.69, 9.17) is 4.42 Å². The molecule has 0 aliphatic carbocycles. The van der Waals surface area contributed by atoms with Gasteiger partial charge in [-0.2, -0.15) is 4.98 Å². The highest BCUT2D eigenvalue weighted by Crippen LogP contribution is 2.28. The first kappa shape index (κ1) is 18.1. The van der Waals surface area contributed by atoms with E-state index in [-0.39, 0.29) is 5.82 Å². The number of para-hydroxylation sites is 1. The number of nitrogens with zero attached hydrogens (tertiary/aromatic N) is 4. The Kier molecular flexibility index (Phi) is 4.28. The number of nitrogens with one attached hydrogen (secondary N) is 1. The largest absolute Gasteiger partial charge is 0.459 e. The summed E-state index contributed by atoms with van der Waals surface area (Å²) in [7, 11) is 0. The molecule has 0 saturated heterocycles. The molecule has 0 saturated carbocycles. The zero-order valence-corrected chi connectivity index (χ0v) is 16.5. The highest BCUT2D eigenvalue weighted by atomic mass is 16.3. The predicted octanol–water partition coefficient (Wildman–Crippen LogP) is 4.01. The first-order chi connectivity index (χ1) is 14.6. The second-order valence-electron chi connectivity index (χ2n) is 7.19. The third-order valence-electron chi connectivity index (χ3n) is 4.96. The van der Waals surface area contributed by atoms with Gasteiger partial charge in [0.25, 0.3) is 11.7 Å². The van der Waals surface area contributed by atoms with Crippen molar-refractivity contribution in [2.75, 3.05) is 0 Å². The molecule has 0 radical (unpaired) electrons. The molecule has 5 aromatic rings. The average molecular weight is 397 g/mol. The van der Waals surface area contributed by atoms with Crippen LogP contribution in [0.15, 0.2) is 71.1 Å². The number of hydrogen-bond donors (Lipinski definition) is 1. The molecular formula is C23H19N5O2. The second-order valence-corrected chi connectivity index (χ2v) is 7.19. The monoisotopic (exact) mass is 397 g/mol. The summed E-state index contributed by atoms with van der Waals surface area (Å²) in [5.74, 6) is 0.711. The van der Waals surface area contributed by atoms with Crippen LogP contribution in [0.2, 0.25) is 0 Å². The Bertz CT molecular complexity index is 1340. The molecule has 30 heavy (non-hydrogen) atoms. The molecule has 3 aromatic heterocycles. The second kappa shape index (κ2) is 7.11. The zero-order valence-electron chi connectivity index (χ0n) is 16.5. The Hall–Kier alpha value is -4.00. The molecule has 0 bridgehead atoms. The maximum absolute atomic E-state index is 13.1. The molecule has 1 unspecified atom stereocenters. The molecule has 1 amide bonds. The molecule has 1 atom stereocenters. The molecule has 5 rings (SSSR count). The van der Waals surface area contributed by atoms with Crippen LogP contribution in [-0.4, -0.2) is 25.5 Å². The summed E-state index contributed by atoms with van der Waals surface area (Å²) in [6, 6.07) is 20.8. The number of rotatable bonds is 4. The summed E-state index contributed by atoms with van der Waals surface area (Å²) in [5, 5.41) is 8.34. The van der Waals surface area contributed by atoms with Crippen molar-refractivity contribution in [3.63, 3.8) is 0 Å². The summed E-state index contributed by atoms with van der Waals surface area (Å²) >= 11 is 0. The van der Waals surface area contributed by atoms with Crippen molar-refractivity contribution in [2.45, 2.75) is 19.9 Å². The smallest absolute Gasteiger partial charge is 0.291 e. The first-order valence-electron chi connectivity index (χ1n) is 9.64. The fourth-order valence-electron chi connectivity index (χ4n) is 3.57. The van der Waals surface area contributed by atoms with Crippen LogP contribution >= 0.6 is 0 Å². The van der Waals surface area contributed by atoms with Crippen LogP contribution in [-0.2, 0) is 0 Å². The fourth-order valence-corrected chi connectivity index (χ4v) is 3.57. The molecule has 7 heteroatoms. The molecule has 148 valence electrons. The minimum atomic E-state index is -0.478. The SMILES string of the molecule is Cc1cc(C)n2nc(C(=O)NC(c3ccccc3)c3cc4ccccc4o3)nc2n1. The van der Waals surface area contributed by atoms with Gasteiger partial charge in [-0.1, -0.05) is 48.5 Å². The number of furan rings is 1. The van der Waals surface area contributed by atoms with Crippen LogP contribution < -0.4 is 5.32 Å². The maximum Gasteiger partial charge on any atom is 0.291 e. The van der Waals surface area contributed by atoms with Crippen molar-refractivity contribution in [1.82, 2.24) is 24.9 Å². The quantitative estimate of drug-likeness (QED) is 0.495. The molecule has 7 nitrogen and oxygen atoms in total. The lowest BCUT2D eigenvalue weighted by Crippen LogP contribution is -2.30. The van der Waals surface area contributed by atoms with Gasteiger partial charge in [0, 0.05) is 16.8 Å². The highest BCUT2D eigenvalue weighted by molar-refractivity contribution is 5.91. The van der Waals surface area contributed by atoms with Crippen LogP contribution in [0.5, 0.6) is 0 Å². The Balaban J connectivity index is 1.54. The zero-order chi connectivity index (χ0) is 20.7. The molecule has 1 N–H and O–H groups in total. The molecule has 0 spiro atoms. The topological polar surface area (TPSA) is 85.3 Å². The van der Waals surface area contributed by atoms with Crippen LogP contribution in [0, 0.1) is 13.8 Å². The first-order valence-corrected chi connectivity index (χ1v) is 9.64. The van der Waals surface area contributed by atoms with Gasteiger partial charge in [-0.25, -0.2) is 9.50 Å². The van der Waals surface area contributed by atoms with Crippen molar-refractivity contribution < 1.29 is 9.21 Å². The van der Waals surface area contributed by atoms with Gasteiger partial charge in [0.1, 0.15) is 17.4 Å².